The summed E-state index contributed by atoms with van der Waals surface area (Å²) in [5.74, 6) is 0. The molecule has 21 heavy (non-hydrogen) atoms. The minimum Gasteiger partial charge on any atom is -0.444 e. The number of carbonyl (C=O) groups excluding carboxylic acids is 1. The van der Waals surface area contributed by atoms with E-state index in [0.29, 0.717) is 6.42 Å². The highest BCUT2D eigenvalue weighted by molar-refractivity contribution is 5.68. The number of nitro benzene ring substituents is 1. The summed E-state index contributed by atoms with van der Waals surface area (Å²) in [6.45, 7) is 4.99. The number of non-ortho nitro benzene ring substituents is 1. The van der Waals surface area contributed by atoms with Gasteiger partial charge in [0, 0.05) is 12.1 Å². The highest BCUT2D eigenvalue weighted by atomic mass is 16.6. The largest absolute Gasteiger partial charge is 0.444 e. The molecule has 0 aliphatic carbocycles. The van der Waals surface area contributed by atoms with Gasteiger partial charge in [-0.05, 0) is 32.8 Å². The van der Waals surface area contributed by atoms with E-state index in [1.807, 2.05) is 0 Å². The summed E-state index contributed by atoms with van der Waals surface area (Å²) in [5.41, 5.74) is 0.160. The second-order valence-electron chi connectivity index (χ2n) is 5.65. The van der Waals surface area contributed by atoms with E-state index < -0.39 is 22.7 Å². The van der Waals surface area contributed by atoms with Crippen LogP contribution in [0.3, 0.4) is 0 Å². The number of rotatable bonds is 5. The number of hydrogen-bond donors (Lipinski definition) is 2. The SMILES string of the molecule is CC(C)(C)OC(=O)N[C@@H](CO)Cc1ccc([N+](=O)[O-])cc1. The average molecular weight is 296 g/mol. The molecule has 1 aromatic carbocycles. The third-order valence-electron chi connectivity index (χ3n) is 2.57. The van der Waals surface area contributed by atoms with E-state index in [1.165, 1.54) is 12.1 Å². The summed E-state index contributed by atoms with van der Waals surface area (Å²) in [5, 5.41) is 22.4. The molecule has 0 spiro atoms. The van der Waals surface area contributed by atoms with Gasteiger partial charge in [-0.1, -0.05) is 12.1 Å². The molecule has 0 saturated heterocycles. The van der Waals surface area contributed by atoms with Gasteiger partial charge in [0.1, 0.15) is 5.60 Å². The Balaban J connectivity index is 2.61. The third-order valence-corrected chi connectivity index (χ3v) is 2.57. The fourth-order valence-corrected chi connectivity index (χ4v) is 1.67. The molecule has 7 heteroatoms. The van der Waals surface area contributed by atoms with Crippen molar-refractivity contribution in [3.8, 4) is 0 Å². The molecule has 2 N–H and O–H groups in total. The molecule has 1 amide bonds. The first-order chi connectivity index (χ1) is 9.71. The maximum Gasteiger partial charge on any atom is 0.407 e. The third kappa shape index (κ3) is 6.22. The van der Waals surface area contributed by atoms with E-state index in [2.05, 4.69) is 5.32 Å². The molecule has 0 saturated carbocycles. The van der Waals surface area contributed by atoms with E-state index in [0.717, 1.165) is 5.56 Å². The van der Waals surface area contributed by atoms with E-state index in [1.54, 1.807) is 32.9 Å². The van der Waals surface area contributed by atoms with Gasteiger partial charge in [-0.25, -0.2) is 4.79 Å². The average Bonchev–Trinajstić information content (AvgIpc) is 2.36. The molecule has 0 fully saturated rings. The van der Waals surface area contributed by atoms with Gasteiger partial charge < -0.3 is 15.2 Å². The molecule has 7 nitrogen and oxygen atoms in total. The highest BCUT2D eigenvalue weighted by Crippen LogP contribution is 2.13. The van der Waals surface area contributed by atoms with Gasteiger partial charge in [-0.3, -0.25) is 10.1 Å². The van der Waals surface area contributed by atoms with Crippen LogP contribution >= 0.6 is 0 Å². The van der Waals surface area contributed by atoms with Crippen molar-refractivity contribution in [2.45, 2.75) is 38.8 Å². The molecular weight excluding hydrogens is 276 g/mol. The van der Waals surface area contributed by atoms with E-state index in [-0.39, 0.29) is 12.3 Å². The number of alkyl carbamates (subject to hydrolysis) is 1. The smallest absolute Gasteiger partial charge is 0.407 e. The predicted octanol–water partition coefficient (Wildman–Crippen LogP) is 2.02. The second kappa shape index (κ2) is 7.03. The molecule has 1 atom stereocenters. The first kappa shape index (κ1) is 16.9. The number of ether oxygens (including phenoxy) is 1. The number of nitrogens with zero attached hydrogens (tertiary/aromatic N) is 1. The molecule has 0 aliphatic rings. The zero-order valence-electron chi connectivity index (χ0n) is 12.3. The molecule has 1 rings (SSSR count). The van der Waals surface area contributed by atoms with Crippen molar-refractivity contribution in [3.63, 3.8) is 0 Å². The molecular formula is C14H20N2O5. The fourth-order valence-electron chi connectivity index (χ4n) is 1.67. The van der Waals surface area contributed by atoms with Crippen LogP contribution in [0.4, 0.5) is 10.5 Å². The van der Waals surface area contributed by atoms with Gasteiger partial charge in [-0.15, -0.1) is 0 Å². The molecule has 0 heterocycles. The minimum atomic E-state index is -0.614. The van der Waals surface area contributed by atoms with Crippen LogP contribution in [0, 0.1) is 10.1 Å². The quantitative estimate of drug-likeness (QED) is 0.639. The predicted molar refractivity (Wildman–Crippen MR) is 77.0 cm³/mol. The Kier molecular flexibility index (Phi) is 5.66. The lowest BCUT2D eigenvalue weighted by Crippen LogP contribution is -2.42. The number of aliphatic hydroxyl groups excluding tert-OH is 1. The molecule has 1 aromatic rings. The van der Waals surface area contributed by atoms with Gasteiger partial charge in [-0.2, -0.15) is 0 Å². The number of hydrogen-bond acceptors (Lipinski definition) is 5. The van der Waals surface area contributed by atoms with Crippen LogP contribution < -0.4 is 5.32 Å². The molecule has 0 unspecified atom stereocenters. The fraction of sp³-hybridized carbons (Fsp3) is 0.500. The number of nitro groups is 1. The van der Waals surface area contributed by atoms with Crippen LogP contribution in [0.1, 0.15) is 26.3 Å². The topological polar surface area (TPSA) is 102 Å². The van der Waals surface area contributed by atoms with Crippen LogP contribution in [-0.4, -0.2) is 34.4 Å². The van der Waals surface area contributed by atoms with Crippen molar-refractivity contribution in [3.05, 3.63) is 39.9 Å². The van der Waals surface area contributed by atoms with Crippen molar-refractivity contribution >= 4 is 11.8 Å². The normalized spacial score (nSPS) is 12.6. The van der Waals surface area contributed by atoms with Crippen molar-refractivity contribution in [1.82, 2.24) is 5.32 Å². The Bertz CT molecular complexity index is 493. The molecule has 0 aromatic heterocycles. The maximum atomic E-state index is 11.6. The number of aliphatic hydroxyl groups is 1. The van der Waals surface area contributed by atoms with Crippen LogP contribution in [0.25, 0.3) is 0 Å². The number of amides is 1. The van der Waals surface area contributed by atoms with Crippen molar-refractivity contribution in [1.29, 1.82) is 0 Å². The van der Waals surface area contributed by atoms with Crippen LogP contribution in [0.15, 0.2) is 24.3 Å². The second-order valence-corrected chi connectivity index (χ2v) is 5.65. The molecule has 0 aliphatic heterocycles. The van der Waals surface area contributed by atoms with Gasteiger partial charge in [0.2, 0.25) is 0 Å². The number of benzene rings is 1. The molecule has 0 radical (unpaired) electrons. The Morgan fingerprint density at radius 2 is 1.95 bits per heavy atom. The lowest BCUT2D eigenvalue weighted by atomic mass is 10.1. The summed E-state index contributed by atoms with van der Waals surface area (Å²) in [6.07, 6.45) is -0.253. The van der Waals surface area contributed by atoms with E-state index in [4.69, 9.17) is 4.74 Å². The maximum absolute atomic E-state index is 11.6. The van der Waals surface area contributed by atoms with Crippen LogP contribution in [0.5, 0.6) is 0 Å². The van der Waals surface area contributed by atoms with Gasteiger partial charge >= 0.3 is 6.09 Å². The zero-order chi connectivity index (χ0) is 16.0. The summed E-state index contributed by atoms with van der Waals surface area (Å²) in [4.78, 5) is 21.7. The number of carbonyl (C=O) groups is 1. The summed E-state index contributed by atoms with van der Waals surface area (Å²) >= 11 is 0. The zero-order valence-corrected chi connectivity index (χ0v) is 12.3. The van der Waals surface area contributed by atoms with Crippen LogP contribution in [-0.2, 0) is 11.2 Å². The van der Waals surface area contributed by atoms with Gasteiger partial charge in [0.25, 0.3) is 5.69 Å². The number of nitrogens with one attached hydrogen (secondary N) is 1. The summed E-state index contributed by atoms with van der Waals surface area (Å²) < 4.78 is 5.11. The van der Waals surface area contributed by atoms with Crippen molar-refractivity contribution in [2.75, 3.05) is 6.61 Å². The Morgan fingerprint density at radius 1 is 1.38 bits per heavy atom. The minimum absolute atomic E-state index is 0.000556. The Labute approximate surface area is 123 Å². The lowest BCUT2D eigenvalue weighted by Gasteiger charge is -2.22. The standard InChI is InChI=1S/C14H20N2O5/c1-14(2,3)21-13(18)15-11(9-17)8-10-4-6-12(7-5-10)16(19)20/h4-7,11,17H,8-9H2,1-3H3,(H,15,18)/t11-/m1/s1. The molecule has 116 valence electrons. The van der Waals surface area contributed by atoms with Crippen LogP contribution in [0.2, 0.25) is 0 Å². The Hall–Kier alpha value is -2.15. The highest BCUT2D eigenvalue weighted by Gasteiger charge is 2.19. The summed E-state index contributed by atoms with van der Waals surface area (Å²) in [6, 6.07) is 5.45. The first-order valence-electron chi connectivity index (χ1n) is 6.55. The van der Waals surface area contributed by atoms with E-state index in [9.17, 15) is 20.0 Å². The van der Waals surface area contributed by atoms with Gasteiger partial charge in [0.15, 0.2) is 0 Å². The Morgan fingerprint density at radius 3 is 2.38 bits per heavy atom. The van der Waals surface area contributed by atoms with Crippen molar-refractivity contribution in [2.24, 2.45) is 0 Å². The monoisotopic (exact) mass is 296 g/mol. The summed E-state index contributed by atoms with van der Waals surface area (Å²) in [7, 11) is 0. The molecule has 0 bridgehead atoms. The first-order valence-corrected chi connectivity index (χ1v) is 6.55. The van der Waals surface area contributed by atoms with E-state index >= 15 is 0 Å². The van der Waals surface area contributed by atoms with Crippen molar-refractivity contribution < 1.29 is 19.6 Å². The van der Waals surface area contributed by atoms with Gasteiger partial charge in [0.05, 0.1) is 17.6 Å². The lowest BCUT2D eigenvalue weighted by molar-refractivity contribution is -0.384.